The van der Waals surface area contributed by atoms with E-state index in [4.69, 9.17) is 5.11 Å². The van der Waals surface area contributed by atoms with Gasteiger partial charge in [-0.3, -0.25) is 0 Å². The van der Waals surface area contributed by atoms with E-state index in [1.54, 1.807) is 0 Å². The Hall–Kier alpha value is -1.89. The van der Waals surface area contributed by atoms with Crippen LogP contribution in [0, 0.1) is 0 Å². The molecular weight excluding hydrogens is 292 g/mol. The van der Waals surface area contributed by atoms with E-state index in [2.05, 4.69) is 17.6 Å². The number of aromatic carboxylic acids is 1. The average molecular weight is 312 g/mol. The molecule has 6 nitrogen and oxygen atoms in total. The molecule has 1 rings (SSSR count). The van der Waals surface area contributed by atoms with Crippen molar-refractivity contribution in [1.82, 2.24) is 5.32 Å². The van der Waals surface area contributed by atoms with Gasteiger partial charge in [0.1, 0.15) is 11.3 Å². The number of phenols is 1. The fourth-order valence-corrected chi connectivity index (χ4v) is 2.47. The molecule has 7 heteroatoms. The fourth-order valence-electron chi connectivity index (χ4n) is 1.66. The van der Waals surface area contributed by atoms with Crippen LogP contribution in [0.5, 0.6) is 5.75 Å². The van der Waals surface area contributed by atoms with Crippen LogP contribution in [0.3, 0.4) is 0 Å². The quantitative estimate of drug-likeness (QED) is 0.580. The van der Waals surface area contributed by atoms with Crippen LogP contribution in [0.25, 0.3) is 0 Å². The van der Waals surface area contributed by atoms with Crippen molar-refractivity contribution >= 4 is 29.4 Å². The first-order valence-electron chi connectivity index (χ1n) is 6.65. The maximum atomic E-state index is 11.8. The number of carboxylic acids is 1. The summed E-state index contributed by atoms with van der Waals surface area (Å²) in [7, 11) is 0. The number of hydrogen-bond donors (Lipinski definition) is 4. The molecule has 0 aliphatic carbocycles. The van der Waals surface area contributed by atoms with Gasteiger partial charge in [0.15, 0.2) is 0 Å². The molecule has 0 aromatic heterocycles. The van der Waals surface area contributed by atoms with Crippen molar-refractivity contribution in [3.05, 3.63) is 23.8 Å². The number of carbonyl (C=O) groups is 2. The molecular formula is C14H20N2O4S. The van der Waals surface area contributed by atoms with E-state index in [1.807, 2.05) is 18.7 Å². The van der Waals surface area contributed by atoms with Crippen LogP contribution < -0.4 is 10.6 Å². The second-order valence-electron chi connectivity index (χ2n) is 4.52. The number of aromatic hydroxyl groups is 1. The zero-order chi connectivity index (χ0) is 15.8. The summed E-state index contributed by atoms with van der Waals surface area (Å²) in [6.07, 6.45) is 0.870. The van der Waals surface area contributed by atoms with Crippen LogP contribution in [0.4, 0.5) is 10.5 Å². The van der Waals surface area contributed by atoms with E-state index in [1.165, 1.54) is 18.2 Å². The third-order valence-corrected chi connectivity index (χ3v) is 3.70. The van der Waals surface area contributed by atoms with Crippen LogP contribution in [-0.2, 0) is 0 Å². The molecule has 1 atom stereocenters. The lowest BCUT2D eigenvalue weighted by Gasteiger charge is -2.14. The number of hydrogen-bond acceptors (Lipinski definition) is 4. The molecule has 2 amide bonds. The zero-order valence-electron chi connectivity index (χ0n) is 12.0. The van der Waals surface area contributed by atoms with Crippen molar-refractivity contribution < 1.29 is 19.8 Å². The lowest BCUT2D eigenvalue weighted by atomic mass is 10.2. The molecule has 0 aliphatic rings. The molecule has 1 aromatic carbocycles. The lowest BCUT2D eigenvalue weighted by molar-refractivity contribution is 0.0694. The molecule has 1 aromatic rings. The summed E-state index contributed by atoms with van der Waals surface area (Å²) in [5, 5.41) is 23.7. The first-order chi connectivity index (χ1) is 9.93. The predicted octanol–water partition coefficient (Wildman–Crippen LogP) is 2.74. The minimum Gasteiger partial charge on any atom is -0.507 e. The van der Waals surface area contributed by atoms with E-state index >= 15 is 0 Å². The molecule has 21 heavy (non-hydrogen) atoms. The van der Waals surface area contributed by atoms with E-state index in [0.717, 1.165) is 17.9 Å². The Balaban J connectivity index is 2.51. The summed E-state index contributed by atoms with van der Waals surface area (Å²) in [5.41, 5.74) is 0.135. The second kappa shape index (κ2) is 8.41. The van der Waals surface area contributed by atoms with Crippen molar-refractivity contribution in [3.63, 3.8) is 0 Å². The Labute approximate surface area is 127 Å². The lowest BCUT2D eigenvalue weighted by Crippen LogP contribution is -2.36. The third kappa shape index (κ3) is 5.95. The maximum Gasteiger partial charge on any atom is 0.339 e. The third-order valence-electron chi connectivity index (χ3n) is 2.76. The SMILES string of the molecule is CCSCCC(C)NC(=O)Nc1ccc(C(=O)O)c(O)c1. The van der Waals surface area contributed by atoms with Gasteiger partial charge >= 0.3 is 12.0 Å². The molecule has 1 unspecified atom stereocenters. The van der Waals surface area contributed by atoms with Crippen molar-refractivity contribution in [2.45, 2.75) is 26.3 Å². The molecule has 0 spiro atoms. The highest BCUT2D eigenvalue weighted by atomic mass is 32.2. The normalized spacial score (nSPS) is 11.7. The van der Waals surface area contributed by atoms with Crippen molar-refractivity contribution in [1.29, 1.82) is 0 Å². The largest absolute Gasteiger partial charge is 0.507 e. The number of urea groups is 1. The van der Waals surface area contributed by atoms with Crippen LogP contribution in [-0.4, -0.2) is 39.8 Å². The summed E-state index contributed by atoms with van der Waals surface area (Å²) >= 11 is 1.81. The first kappa shape index (κ1) is 17.2. The van der Waals surface area contributed by atoms with E-state index < -0.39 is 5.97 Å². The summed E-state index contributed by atoms with van der Waals surface area (Å²) in [6.45, 7) is 4.00. The molecule has 4 N–H and O–H groups in total. The number of anilines is 1. The van der Waals surface area contributed by atoms with Gasteiger partial charge in [-0.1, -0.05) is 6.92 Å². The van der Waals surface area contributed by atoms with E-state index in [-0.39, 0.29) is 23.4 Å². The molecule has 0 saturated carbocycles. The summed E-state index contributed by atoms with van der Waals surface area (Å²) in [6, 6.07) is 3.54. The van der Waals surface area contributed by atoms with Crippen LogP contribution in [0.1, 0.15) is 30.6 Å². The minimum atomic E-state index is -1.22. The molecule has 0 bridgehead atoms. The van der Waals surface area contributed by atoms with Gasteiger partial charge in [0.05, 0.1) is 0 Å². The number of amides is 2. The van der Waals surface area contributed by atoms with Crippen LogP contribution in [0.15, 0.2) is 18.2 Å². The summed E-state index contributed by atoms with van der Waals surface area (Å²) < 4.78 is 0. The highest BCUT2D eigenvalue weighted by molar-refractivity contribution is 7.99. The van der Waals surface area contributed by atoms with Gasteiger partial charge in [0, 0.05) is 17.8 Å². The van der Waals surface area contributed by atoms with Crippen molar-refractivity contribution in [2.24, 2.45) is 0 Å². The number of benzene rings is 1. The number of nitrogens with one attached hydrogen (secondary N) is 2. The van der Waals surface area contributed by atoms with E-state index in [9.17, 15) is 14.7 Å². The number of rotatable bonds is 7. The first-order valence-corrected chi connectivity index (χ1v) is 7.81. The van der Waals surface area contributed by atoms with Crippen molar-refractivity contribution in [3.8, 4) is 5.75 Å². The maximum absolute atomic E-state index is 11.8. The summed E-state index contributed by atoms with van der Waals surface area (Å²) in [5.74, 6) is 0.429. The van der Waals surface area contributed by atoms with Gasteiger partial charge < -0.3 is 20.8 Å². The predicted molar refractivity (Wildman–Crippen MR) is 84.3 cm³/mol. The van der Waals surface area contributed by atoms with Gasteiger partial charge in [-0.25, -0.2) is 9.59 Å². The van der Waals surface area contributed by atoms with Crippen LogP contribution >= 0.6 is 11.8 Å². The molecule has 116 valence electrons. The van der Waals surface area contributed by atoms with Crippen molar-refractivity contribution in [2.75, 3.05) is 16.8 Å². The Morgan fingerprint density at radius 3 is 2.67 bits per heavy atom. The Morgan fingerprint density at radius 1 is 1.38 bits per heavy atom. The molecule has 0 fully saturated rings. The highest BCUT2D eigenvalue weighted by Gasteiger charge is 2.12. The van der Waals surface area contributed by atoms with Crippen LogP contribution in [0.2, 0.25) is 0 Å². The topological polar surface area (TPSA) is 98.7 Å². The number of carboxylic acid groups (broad SMARTS) is 1. The zero-order valence-corrected chi connectivity index (χ0v) is 12.9. The molecule has 0 aliphatic heterocycles. The second-order valence-corrected chi connectivity index (χ2v) is 5.92. The smallest absolute Gasteiger partial charge is 0.339 e. The molecule has 0 heterocycles. The van der Waals surface area contributed by atoms with Gasteiger partial charge in [-0.2, -0.15) is 11.8 Å². The van der Waals surface area contributed by atoms with Gasteiger partial charge in [-0.05, 0) is 37.0 Å². The Bertz CT molecular complexity index is 508. The van der Waals surface area contributed by atoms with Gasteiger partial charge in [-0.15, -0.1) is 0 Å². The number of carbonyl (C=O) groups excluding carboxylic acids is 1. The molecule has 0 radical (unpaired) electrons. The fraction of sp³-hybridized carbons (Fsp3) is 0.429. The van der Waals surface area contributed by atoms with Gasteiger partial charge in [0.2, 0.25) is 0 Å². The standard InChI is InChI=1S/C14H20N2O4S/c1-3-21-7-6-9(2)15-14(20)16-10-4-5-11(13(18)19)12(17)8-10/h4-5,8-9,17H,3,6-7H2,1-2H3,(H,18,19)(H2,15,16,20). The van der Waals surface area contributed by atoms with E-state index in [0.29, 0.717) is 5.69 Å². The average Bonchev–Trinajstić information content (AvgIpc) is 2.38. The monoisotopic (exact) mass is 312 g/mol. The van der Waals surface area contributed by atoms with Gasteiger partial charge in [0.25, 0.3) is 0 Å². The Kier molecular flexibility index (Phi) is 6.87. The summed E-state index contributed by atoms with van der Waals surface area (Å²) in [4.78, 5) is 22.5. The Morgan fingerprint density at radius 2 is 2.10 bits per heavy atom. The highest BCUT2D eigenvalue weighted by Crippen LogP contribution is 2.21. The molecule has 0 saturated heterocycles. The minimum absolute atomic E-state index is 0.0379. The number of thioether (sulfide) groups is 1.